The van der Waals surface area contributed by atoms with Gasteiger partial charge in [-0.2, -0.15) is 0 Å². The second kappa shape index (κ2) is 8.14. The predicted octanol–water partition coefficient (Wildman–Crippen LogP) is 1.88. The number of carbonyl (C=O) groups is 3. The topological polar surface area (TPSA) is 81.8 Å². The Kier molecular flexibility index (Phi) is 5.58. The summed E-state index contributed by atoms with van der Waals surface area (Å²) in [5.74, 6) is -0.398. The molecule has 3 unspecified atom stereocenters. The summed E-state index contributed by atoms with van der Waals surface area (Å²) in [6.45, 7) is 4.38. The molecular formula is C22H30N4O3. The van der Waals surface area contributed by atoms with E-state index in [4.69, 9.17) is 0 Å². The van der Waals surface area contributed by atoms with Crippen molar-refractivity contribution in [2.75, 3.05) is 19.6 Å². The van der Waals surface area contributed by atoms with Crippen LogP contribution in [0.4, 0.5) is 4.79 Å². The van der Waals surface area contributed by atoms with Crippen LogP contribution in [0.3, 0.4) is 0 Å². The van der Waals surface area contributed by atoms with Crippen molar-refractivity contribution in [3.05, 3.63) is 35.9 Å². The second-order valence-electron chi connectivity index (χ2n) is 8.71. The molecule has 7 nitrogen and oxygen atoms in total. The lowest BCUT2D eigenvalue weighted by molar-refractivity contribution is -0.137. The monoisotopic (exact) mass is 398 g/mol. The van der Waals surface area contributed by atoms with Gasteiger partial charge in [0.25, 0.3) is 5.91 Å². The van der Waals surface area contributed by atoms with Crippen molar-refractivity contribution < 1.29 is 14.4 Å². The number of benzene rings is 1. The first kappa shape index (κ1) is 19.9. The fourth-order valence-electron chi connectivity index (χ4n) is 4.99. The quantitative estimate of drug-likeness (QED) is 0.742. The van der Waals surface area contributed by atoms with Gasteiger partial charge in [0.05, 0.1) is 0 Å². The van der Waals surface area contributed by atoms with Crippen molar-refractivity contribution >= 4 is 17.8 Å². The van der Waals surface area contributed by atoms with Gasteiger partial charge in [-0.25, -0.2) is 4.79 Å². The standard InChI is InChI=1S/C22H30N4O3/c1-16-7-5-6-11-22(16)20(28)26(21(29)24-22)15-19(27)23-18-10-12-25(14-18)13-17-8-3-2-4-9-17/h2-4,8-9,16,18H,5-7,10-15H2,1H3,(H,23,27)(H,24,29). The number of rotatable bonds is 5. The molecule has 2 heterocycles. The van der Waals surface area contributed by atoms with Crippen molar-refractivity contribution in [3.63, 3.8) is 0 Å². The summed E-state index contributed by atoms with van der Waals surface area (Å²) in [4.78, 5) is 41.4. The largest absolute Gasteiger partial charge is 0.350 e. The minimum absolute atomic E-state index is 0.0505. The van der Waals surface area contributed by atoms with E-state index >= 15 is 0 Å². The minimum atomic E-state index is -0.810. The first-order valence-electron chi connectivity index (χ1n) is 10.7. The summed E-state index contributed by atoms with van der Waals surface area (Å²) in [6, 6.07) is 9.89. The van der Waals surface area contributed by atoms with Gasteiger partial charge in [-0.15, -0.1) is 0 Å². The first-order valence-corrected chi connectivity index (χ1v) is 10.7. The summed E-state index contributed by atoms with van der Waals surface area (Å²) in [7, 11) is 0. The predicted molar refractivity (Wildman–Crippen MR) is 109 cm³/mol. The van der Waals surface area contributed by atoms with Crippen molar-refractivity contribution in [3.8, 4) is 0 Å². The highest BCUT2D eigenvalue weighted by Crippen LogP contribution is 2.38. The van der Waals surface area contributed by atoms with E-state index in [9.17, 15) is 14.4 Å². The van der Waals surface area contributed by atoms with Gasteiger partial charge in [-0.05, 0) is 30.7 Å². The number of carbonyl (C=O) groups excluding carboxylic acids is 3. The molecule has 1 spiro atoms. The minimum Gasteiger partial charge on any atom is -0.350 e. The number of hydrogen-bond acceptors (Lipinski definition) is 4. The third-order valence-electron chi connectivity index (χ3n) is 6.69. The molecule has 7 heteroatoms. The molecule has 3 atom stereocenters. The lowest BCUT2D eigenvalue weighted by atomic mass is 9.73. The van der Waals surface area contributed by atoms with E-state index in [1.165, 1.54) is 5.56 Å². The Balaban J connectivity index is 1.30. The summed E-state index contributed by atoms with van der Waals surface area (Å²) < 4.78 is 0. The smallest absolute Gasteiger partial charge is 0.325 e. The average molecular weight is 399 g/mol. The number of amides is 4. The van der Waals surface area contributed by atoms with Crippen LogP contribution in [0.5, 0.6) is 0 Å². The van der Waals surface area contributed by atoms with E-state index in [1.807, 2.05) is 25.1 Å². The van der Waals surface area contributed by atoms with E-state index < -0.39 is 11.6 Å². The summed E-state index contributed by atoms with van der Waals surface area (Å²) >= 11 is 0. The highest BCUT2D eigenvalue weighted by molar-refractivity contribution is 6.09. The van der Waals surface area contributed by atoms with Crippen LogP contribution in [0.25, 0.3) is 0 Å². The Bertz CT molecular complexity index is 784. The van der Waals surface area contributed by atoms with E-state index in [-0.39, 0.29) is 30.3 Å². The van der Waals surface area contributed by atoms with Gasteiger partial charge in [-0.1, -0.05) is 50.1 Å². The number of hydrogen-bond donors (Lipinski definition) is 2. The van der Waals surface area contributed by atoms with Crippen LogP contribution in [-0.4, -0.2) is 58.9 Å². The van der Waals surface area contributed by atoms with Crippen LogP contribution in [0.1, 0.15) is 44.6 Å². The normalized spacial score (nSPS) is 30.0. The van der Waals surface area contributed by atoms with Crippen LogP contribution in [0, 0.1) is 5.92 Å². The van der Waals surface area contributed by atoms with Gasteiger partial charge in [-0.3, -0.25) is 19.4 Å². The summed E-state index contributed by atoms with van der Waals surface area (Å²) in [5, 5.41) is 5.91. The molecule has 0 radical (unpaired) electrons. The molecule has 3 fully saturated rings. The lowest BCUT2D eigenvalue weighted by Crippen LogP contribution is -2.54. The number of nitrogens with zero attached hydrogens (tertiary/aromatic N) is 2. The number of nitrogens with one attached hydrogen (secondary N) is 2. The zero-order valence-electron chi connectivity index (χ0n) is 17.0. The average Bonchev–Trinajstić information content (AvgIpc) is 3.23. The molecule has 156 valence electrons. The zero-order valence-corrected chi connectivity index (χ0v) is 17.0. The number of urea groups is 1. The molecule has 0 bridgehead atoms. The summed E-state index contributed by atoms with van der Waals surface area (Å²) in [5.41, 5.74) is 0.445. The molecule has 0 aromatic heterocycles. The van der Waals surface area contributed by atoms with Gasteiger partial charge in [0.1, 0.15) is 12.1 Å². The molecular weight excluding hydrogens is 368 g/mol. The SMILES string of the molecule is CC1CCCCC12NC(=O)N(CC(=O)NC1CCN(Cc3ccccc3)C1)C2=O. The molecule has 1 saturated carbocycles. The number of imide groups is 1. The van der Waals surface area contributed by atoms with E-state index in [0.717, 1.165) is 50.2 Å². The third kappa shape index (κ3) is 4.01. The van der Waals surface area contributed by atoms with Crippen LogP contribution in [0.15, 0.2) is 30.3 Å². The van der Waals surface area contributed by atoms with E-state index in [2.05, 4.69) is 27.7 Å². The molecule has 1 aromatic rings. The Morgan fingerprint density at radius 1 is 1.21 bits per heavy atom. The molecule has 29 heavy (non-hydrogen) atoms. The van der Waals surface area contributed by atoms with Gasteiger partial charge in [0.15, 0.2) is 0 Å². The fraction of sp³-hybridized carbons (Fsp3) is 0.591. The van der Waals surface area contributed by atoms with Crippen molar-refractivity contribution in [1.82, 2.24) is 20.4 Å². The van der Waals surface area contributed by atoms with E-state index in [1.54, 1.807) is 0 Å². The van der Waals surface area contributed by atoms with Gasteiger partial charge in [0.2, 0.25) is 5.91 Å². The Hall–Kier alpha value is -2.41. The molecule has 1 aromatic carbocycles. The Morgan fingerprint density at radius 2 is 2.00 bits per heavy atom. The molecule has 2 N–H and O–H groups in total. The molecule has 3 aliphatic rings. The first-order chi connectivity index (χ1) is 14.0. The second-order valence-corrected chi connectivity index (χ2v) is 8.71. The van der Waals surface area contributed by atoms with Crippen LogP contribution in [0.2, 0.25) is 0 Å². The highest BCUT2D eigenvalue weighted by Gasteiger charge is 2.55. The maximum absolute atomic E-state index is 13.0. The zero-order chi connectivity index (χ0) is 20.4. The van der Waals surface area contributed by atoms with Crippen molar-refractivity contribution in [2.45, 2.75) is 57.2 Å². The van der Waals surface area contributed by atoms with Crippen LogP contribution in [-0.2, 0) is 16.1 Å². The van der Waals surface area contributed by atoms with Crippen molar-refractivity contribution in [2.24, 2.45) is 5.92 Å². The fourth-order valence-corrected chi connectivity index (χ4v) is 4.99. The Morgan fingerprint density at radius 3 is 2.76 bits per heavy atom. The maximum Gasteiger partial charge on any atom is 0.325 e. The Labute approximate surface area is 171 Å². The summed E-state index contributed by atoms with van der Waals surface area (Å²) in [6.07, 6.45) is 4.46. The third-order valence-corrected chi connectivity index (χ3v) is 6.69. The maximum atomic E-state index is 13.0. The van der Waals surface area contributed by atoms with Crippen LogP contribution >= 0.6 is 0 Å². The molecule has 4 amide bonds. The molecule has 4 rings (SSSR count). The molecule has 2 saturated heterocycles. The number of likely N-dealkylation sites (tertiary alicyclic amines) is 1. The van der Waals surface area contributed by atoms with Gasteiger partial charge in [0, 0.05) is 25.7 Å². The van der Waals surface area contributed by atoms with Gasteiger partial charge >= 0.3 is 6.03 Å². The highest BCUT2D eigenvalue weighted by atomic mass is 16.2. The van der Waals surface area contributed by atoms with Crippen LogP contribution < -0.4 is 10.6 Å². The van der Waals surface area contributed by atoms with E-state index in [0.29, 0.717) is 6.42 Å². The molecule has 2 aliphatic heterocycles. The van der Waals surface area contributed by atoms with Crippen molar-refractivity contribution in [1.29, 1.82) is 0 Å². The molecule has 1 aliphatic carbocycles. The lowest BCUT2D eigenvalue weighted by Gasteiger charge is -2.36. The van der Waals surface area contributed by atoms with Gasteiger partial charge < -0.3 is 10.6 Å².